The van der Waals surface area contributed by atoms with Crippen molar-refractivity contribution in [3.05, 3.63) is 44.3 Å². The molecule has 1 aromatic carbocycles. The van der Waals surface area contributed by atoms with E-state index in [0.717, 1.165) is 11.3 Å². The Balaban J connectivity index is 2.43. The first kappa shape index (κ1) is 15.4. The fourth-order valence-electron chi connectivity index (χ4n) is 1.73. The summed E-state index contributed by atoms with van der Waals surface area (Å²) < 4.78 is 41.0. The SMILES string of the molecule is Cc1csc(CO)c1S(=O)(=O)Nc1ccc(Br)cc1F. The molecule has 0 atom stereocenters. The third-order valence-electron chi connectivity index (χ3n) is 2.58. The summed E-state index contributed by atoms with van der Waals surface area (Å²) in [5, 5.41) is 10.8. The Labute approximate surface area is 128 Å². The summed E-state index contributed by atoms with van der Waals surface area (Å²) in [6, 6.07) is 4.04. The number of hydrogen-bond acceptors (Lipinski definition) is 4. The lowest BCUT2D eigenvalue weighted by atomic mass is 10.3. The first-order valence-corrected chi connectivity index (χ1v) is 8.66. The Bertz CT molecular complexity index is 743. The lowest BCUT2D eigenvalue weighted by Gasteiger charge is -2.10. The maximum atomic E-state index is 13.7. The van der Waals surface area contributed by atoms with Gasteiger partial charge in [0.2, 0.25) is 0 Å². The van der Waals surface area contributed by atoms with Gasteiger partial charge in [-0.3, -0.25) is 4.72 Å². The van der Waals surface area contributed by atoms with Crippen molar-refractivity contribution in [2.24, 2.45) is 0 Å². The first-order chi connectivity index (χ1) is 9.35. The van der Waals surface area contributed by atoms with Gasteiger partial charge in [-0.15, -0.1) is 11.3 Å². The zero-order valence-corrected chi connectivity index (χ0v) is 13.6. The zero-order valence-electron chi connectivity index (χ0n) is 10.4. The maximum Gasteiger partial charge on any atom is 0.263 e. The minimum absolute atomic E-state index is 0.00678. The van der Waals surface area contributed by atoms with Crippen molar-refractivity contribution in [3.8, 4) is 0 Å². The van der Waals surface area contributed by atoms with Crippen LogP contribution in [0, 0.1) is 12.7 Å². The van der Waals surface area contributed by atoms with Crippen LogP contribution in [0.25, 0.3) is 0 Å². The summed E-state index contributed by atoms with van der Waals surface area (Å²) in [5.74, 6) is -0.679. The molecule has 0 saturated heterocycles. The van der Waals surface area contributed by atoms with Gasteiger partial charge in [0.15, 0.2) is 0 Å². The number of sulfonamides is 1. The lowest BCUT2D eigenvalue weighted by Crippen LogP contribution is -2.15. The molecule has 2 aromatic rings. The van der Waals surface area contributed by atoms with Crippen molar-refractivity contribution in [2.45, 2.75) is 18.4 Å². The smallest absolute Gasteiger partial charge is 0.263 e. The Morgan fingerprint density at radius 3 is 2.75 bits per heavy atom. The van der Waals surface area contributed by atoms with Crippen molar-refractivity contribution in [1.29, 1.82) is 0 Å². The Hall–Kier alpha value is -0.960. The van der Waals surface area contributed by atoms with E-state index in [4.69, 9.17) is 0 Å². The first-order valence-electron chi connectivity index (χ1n) is 5.51. The normalized spacial score (nSPS) is 11.6. The predicted octanol–water partition coefficient (Wildman–Crippen LogP) is 3.25. The van der Waals surface area contributed by atoms with Crippen LogP contribution in [0.1, 0.15) is 10.4 Å². The van der Waals surface area contributed by atoms with E-state index < -0.39 is 15.8 Å². The Morgan fingerprint density at radius 2 is 2.15 bits per heavy atom. The maximum absolute atomic E-state index is 13.7. The van der Waals surface area contributed by atoms with Gasteiger partial charge in [0.25, 0.3) is 10.0 Å². The molecule has 0 radical (unpaired) electrons. The van der Waals surface area contributed by atoms with Crippen LogP contribution in [0.15, 0.2) is 32.9 Å². The summed E-state index contributed by atoms with van der Waals surface area (Å²) in [6.45, 7) is 1.25. The van der Waals surface area contributed by atoms with Crippen LogP contribution in [-0.4, -0.2) is 13.5 Å². The van der Waals surface area contributed by atoms with E-state index in [1.807, 2.05) is 0 Å². The molecule has 1 aromatic heterocycles. The van der Waals surface area contributed by atoms with Crippen LogP contribution in [-0.2, 0) is 16.6 Å². The third-order valence-corrected chi connectivity index (χ3v) is 5.88. The van der Waals surface area contributed by atoms with Crippen LogP contribution in [0.3, 0.4) is 0 Å². The fraction of sp³-hybridized carbons (Fsp3) is 0.167. The van der Waals surface area contributed by atoms with Gasteiger partial charge in [0.05, 0.1) is 17.2 Å². The highest BCUT2D eigenvalue weighted by Crippen LogP contribution is 2.29. The molecule has 0 unspecified atom stereocenters. The Kier molecular flexibility index (Phi) is 4.48. The number of thiophene rings is 1. The van der Waals surface area contributed by atoms with E-state index >= 15 is 0 Å². The lowest BCUT2D eigenvalue weighted by molar-refractivity contribution is 0.282. The largest absolute Gasteiger partial charge is 0.391 e. The molecule has 20 heavy (non-hydrogen) atoms. The van der Waals surface area contributed by atoms with Gasteiger partial charge >= 0.3 is 0 Å². The minimum atomic E-state index is -3.93. The average Bonchev–Trinajstić information content (AvgIpc) is 2.75. The number of halogens is 2. The Morgan fingerprint density at radius 1 is 1.45 bits per heavy atom. The minimum Gasteiger partial charge on any atom is -0.391 e. The topological polar surface area (TPSA) is 66.4 Å². The number of hydrogen-bond donors (Lipinski definition) is 2. The summed E-state index contributed by atoms with van der Waals surface area (Å²) in [6.07, 6.45) is 0. The number of anilines is 1. The highest BCUT2D eigenvalue weighted by Gasteiger charge is 2.23. The second-order valence-corrected chi connectivity index (χ2v) is 7.56. The van der Waals surface area contributed by atoms with E-state index in [9.17, 15) is 17.9 Å². The second kappa shape index (κ2) is 5.80. The van der Waals surface area contributed by atoms with Gasteiger partial charge in [-0.25, -0.2) is 12.8 Å². The third kappa shape index (κ3) is 3.03. The van der Waals surface area contributed by atoms with Crippen molar-refractivity contribution < 1.29 is 17.9 Å². The van der Waals surface area contributed by atoms with Crippen LogP contribution in [0.5, 0.6) is 0 Å². The van der Waals surface area contributed by atoms with Crippen LogP contribution >= 0.6 is 27.3 Å². The van der Waals surface area contributed by atoms with Crippen LogP contribution in [0.2, 0.25) is 0 Å². The molecule has 108 valence electrons. The van der Waals surface area contributed by atoms with Crippen molar-refractivity contribution in [3.63, 3.8) is 0 Å². The van der Waals surface area contributed by atoms with Gasteiger partial charge in [0.1, 0.15) is 10.7 Å². The number of aryl methyl sites for hydroxylation is 1. The zero-order chi connectivity index (χ0) is 14.9. The number of rotatable bonds is 4. The molecule has 2 rings (SSSR count). The fourth-order valence-corrected chi connectivity index (χ4v) is 4.79. The highest BCUT2D eigenvalue weighted by atomic mass is 79.9. The summed E-state index contributed by atoms with van der Waals surface area (Å²) >= 11 is 4.25. The molecule has 0 saturated carbocycles. The molecule has 0 fully saturated rings. The molecule has 0 aliphatic rings. The van der Waals surface area contributed by atoms with Gasteiger partial charge in [0, 0.05) is 4.47 Å². The van der Waals surface area contributed by atoms with E-state index in [1.165, 1.54) is 18.2 Å². The molecule has 8 heteroatoms. The molecular formula is C12H11BrFNO3S2. The molecule has 1 heterocycles. The average molecular weight is 380 g/mol. The van der Waals surface area contributed by atoms with Gasteiger partial charge in [-0.05, 0) is 36.1 Å². The number of nitrogens with one attached hydrogen (secondary N) is 1. The molecule has 4 nitrogen and oxygen atoms in total. The van der Waals surface area contributed by atoms with Gasteiger partial charge in [-0.2, -0.15) is 0 Å². The summed E-state index contributed by atoms with van der Waals surface area (Å²) in [4.78, 5) is 0.333. The quantitative estimate of drug-likeness (QED) is 0.856. The van der Waals surface area contributed by atoms with E-state index in [2.05, 4.69) is 20.7 Å². The molecule has 0 aliphatic heterocycles. The second-order valence-electron chi connectivity index (χ2n) is 4.06. The molecule has 2 N–H and O–H groups in total. The van der Waals surface area contributed by atoms with E-state index in [1.54, 1.807) is 12.3 Å². The molecule has 0 bridgehead atoms. The highest BCUT2D eigenvalue weighted by molar-refractivity contribution is 9.10. The van der Waals surface area contributed by atoms with Crippen molar-refractivity contribution >= 4 is 43.0 Å². The van der Waals surface area contributed by atoms with Crippen molar-refractivity contribution in [2.75, 3.05) is 4.72 Å². The van der Waals surface area contributed by atoms with E-state index in [-0.39, 0.29) is 17.2 Å². The van der Waals surface area contributed by atoms with Gasteiger partial charge < -0.3 is 5.11 Å². The van der Waals surface area contributed by atoms with Crippen molar-refractivity contribution in [1.82, 2.24) is 0 Å². The summed E-state index contributed by atoms with van der Waals surface area (Å²) in [7, 11) is -3.93. The summed E-state index contributed by atoms with van der Waals surface area (Å²) in [5.41, 5.74) is 0.381. The number of aliphatic hydroxyl groups excluding tert-OH is 1. The van der Waals surface area contributed by atoms with Crippen LogP contribution < -0.4 is 4.72 Å². The standard InChI is InChI=1S/C12H11BrFNO3S2/c1-7-6-19-11(5-16)12(7)20(17,18)15-10-3-2-8(13)4-9(10)14/h2-4,6,15-16H,5H2,1H3. The number of benzene rings is 1. The molecule has 0 amide bonds. The molecule has 0 aliphatic carbocycles. The van der Waals surface area contributed by atoms with E-state index in [0.29, 0.717) is 14.9 Å². The van der Waals surface area contributed by atoms with Gasteiger partial charge in [-0.1, -0.05) is 15.9 Å². The number of aliphatic hydroxyl groups is 1. The van der Waals surface area contributed by atoms with Crippen LogP contribution in [0.4, 0.5) is 10.1 Å². The monoisotopic (exact) mass is 379 g/mol. The molecular weight excluding hydrogens is 369 g/mol. The predicted molar refractivity (Wildman–Crippen MR) is 79.9 cm³/mol. The molecule has 0 spiro atoms.